The number of hydrogen-bond donors (Lipinski definition) is 0. The van der Waals surface area contributed by atoms with Crippen LogP contribution in [-0.2, 0) is 6.42 Å². The first-order valence-corrected chi connectivity index (χ1v) is 11.0. The van der Waals surface area contributed by atoms with Crippen molar-refractivity contribution in [2.24, 2.45) is 5.92 Å². The summed E-state index contributed by atoms with van der Waals surface area (Å²) < 4.78 is 48.2. The van der Waals surface area contributed by atoms with Gasteiger partial charge in [-0.3, -0.25) is 0 Å². The van der Waals surface area contributed by atoms with Crippen LogP contribution < -0.4 is 4.74 Å². The summed E-state index contributed by atoms with van der Waals surface area (Å²) in [6.45, 7) is 2.09. The fourth-order valence-electron chi connectivity index (χ4n) is 4.32. The molecule has 1 nitrogen and oxygen atoms in total. The van der Waals surface area contributed by atoms with Crippen LogP contribution in [-0.4, -0.2) is 7.11 Å². The highest BCUT2D eigenvalue weighted by molar-refractivity contribution is 5.51. The van der Waals surface area contributed by atoms with Gasteiger partial charge in [0, 0.05) is 11.6 Å². The Morgan fingerprint density at radius 1 is 0.967 bits per heavy atom. The first-order chi connectivity index (χ1) is 14.5. The summed E-state index contributed by atoms with van der Waals surface area (Å²) in [6, 6.07) is 8.43. The number of aryl methyl sites for hydroxylation is 1. The van der Waals surface area contributed by atoms with Gasteiger partial charge in [0.1, 0.15) is 11.6 Å². The van der Waals surface area contributed by atoms with Gasteiger partial charge in [0.05, 0.1) is 7.11 Å². The summed E-state index contributed by atoms with van der Waals surface area (Å²) in [5.41, 5.74) is 1.50. The zero-order valence-electron chi connectivity index (χ0n) is 17.9. The van der Waals surface area contributed by atoms with E-state index in [1.807, 2.05) is 12.1 Å². The van der Waals surface area contributed by atoms with Gasteiger partial charge in [0.15, 0.2) is 11.6 Å². The molecule has 1 saturated carbocycles. The van der Waals surface area contributed by atoms with E-state index in [-0.39, 0.29) is 11.7 Å². The summed E-state index contributed by atoms with van der Waals surface area (Å²) in [5, 5.41) is 0. The summed E-state index contributed by atoms with van der Waals surface area (Å²) in [6.07, 6.45) is 10.8. The van der Waals surface area contributed by atoms with Gasteiger partial charge in [-0.25, -0.2) is 13.2 Å². The van der Waals surface area contributed by atoms with Crippen LogP contribution in [0.2, 0.25) is 0 Å². The number of unbranched alkanes of at least 4 members (excludes halogenated alkanes) is 2. The van der Waals surface area contributed by atoms with E-state index in [0.717, 1.165) is 50.5 Å². The SMILES string of the molecule is CCCCCc1ccc(/C=C/C2CCC(c3ccc(OC)cc3F)CC2)c(F)c1F. The van der Waals surface area contributed by atoms with Gasteiger partial charge in [-0.2, -0.15) is 0 Å². The van der Waals surface area contributed by atoms with Gasteiger partial charge >= 0.3 is 0 Å². The van der Waals surface area contributed by atoms with Crippen molar-refractivity contribution in [1.29, 1.82) is 0 Å². The maximum atomic E-state index is 14.4. The van der Waals surface area contributed by atoms with Gasteiger partial charge in [-0.05, 0) is 67.6 Å². The maximum absolute atomic E-state index is 14.4. The Kier molecular flexibility index (Phi) is 8.01. The van der Waals surface area contributed by atoms with Crippen LogP contribution in [0.15, 0.2) is 36.4 Å². The lowest BCUT2D eigenvalue weighted by atomic mass is 9.78. The number of methoxy groups -OCH3 is 1. The summed E-state index contributed by atoms with van der Waals surface area (Å²) in [7, 11) is 1.53. The second-order valence-electron chi connectivity index (χ2n) is 8.26. The van der Waals surface area contributed by atoms with Crippen molar-refractivity contribution in [3.05, 3.63) is 70.5 Å². The quantitative estimate of drug-likeness (QED) is 0.398. The smallest absolute Gasteiger partial charge is 0.166 e. The third-order valence-electron chi connectivity index (χ3n) is 6.21. The predicted octanol–water partition coefficient (Wildman–Crippen LogP) is 7.83. The average Bonchev–Trinajstić information content (AvgIpc) is 2.76. The molecule has 1 fully saturated rings. The van der Waals surface area contributed by atoms with Gasteiger partial charge in [-0.1, -0.05) is 50.1 Å². The van der Waals surface area contributed by atoms with Crippen LogP contribution in [0.1, 0.15) is 74.5 Å². The predicted molar refractivity (Wildman–Crippen MR) is 116 cm³/mol. The van der Waals surface area contributed by atoms with E-state index in [0.29, 0.717) is 29.2 Å². The van der Waals surface area contributed by atoms with Crippen molar-refractivity contribution in [1.82, 2.24) is 0 Å². The van der Waals surface area contributed by atoms with E-state index in [2.05, 4.69) is 6.92 Å². The lowest BCUT2D eigenvalue weighted by Crippen LogP contribution is -2.13. The van der Waals surface area contributed by atoms with Crippen LogP contribution in [0.3, 0.4) is 0 Å². The van der Waals surface area contributed by atoms with Crippen LogP contribution in [0.25, 0.3) is 6.08 Å². The molecule has 0 saturated heterocycles. The minimum absolute atomic E-state index is 0.192. The zero-order chi connectivity index (χ0) is 21.5. The molecule has 0 amide bonds. The summed E-state index contributed by atoms with van der Waals surface area (Å²) >= 11 is 0. The van der Waals surface area contributed by atoms with Crippen LogP contribution in [0.5, 0.6) is 5.75 Å². The molecule has 3 rings (SSSR count). The molecular weight excluding hydrogens is 385 g/mol. The highest BCUT2D eigenvalue weighted by atomic mass is 19.2. The second-order valence-corrected chi connectivity index (χ2v) is 8.26. The molecule has 2 aromatic rings. The molecule has 2 aromatic carbocycles. The Bertz CT molecular complexity index is 867. The standard InChI is InChI=1S/C26H31F3O/c1-3-4-5-6-20-13-14-21(26(29)25(20)28)12-9-18-7-10-19(11-8-18)23-16-15-22(30-2)17-24(23)27/h9,12-19H,3-8,10-11H2,1-2H3/b12-9+. The van der Waals surface area contributed by atoms with Crippen LogP contribution in [0, 0.1) is 23.4 Å². The topological polar surface area (TPSA) is 9.23 Å². The minimum atomic E-state index is -0.755. The average molecular weight is 417 g/mol. The third-order valence-corrected chi connectivity index (χ3v) is 6.21. The van der Waals surface area contributed by atoms with Gasteiger partial charge in [0.2, 0.25) is 0 Å². The normalized spacial score (nSPS) is 19.4. The second kappa shape index (κ2) is 10.7. The highest BCUT2D eigenvalue weighted by Gasteiger charge is 2.23. The number of rotatable bonds is 8. The number of allylic oxidation sites excluding steroid dienone is 1. The molecule has 0 atom stereocenters. The van der Waals surface area contributed by atoms with Crippen LogP contribution >= 0.6 is 0 Å². The van der Waals surface area contributed by atoms with E-state index in [9.17, 15) is 13.2 Å². The lowest BCUT2D eigenvalue weighted by molar-refractivity contribution is 0.367. The lowest BCUT2D eigenvalue weighted by Gasteiger charge is -2.27. The molecule has 0 radical (unpaired) electrons. The van der Waals surface area contributed by atoms with E-state index < -0.39 is 11.6 Å². The highest BCUT2D eigenvalue weighted by Crippen LogP contribution is 2.38. The summed E-state index contributed by atoms with van der Waals surface area (Å²) in [4.78, 5) is 0. The molecule has 1 aliphatic carbocycles. The van der Waals surface area contributed by atoms with Gasteiger partial charge < -0.3 is 4.74 Å². The molecule has 4 heteroatoms. The fraction of sp³-hybridized carbons (Fsp3) is 0.462. The van der Waals surface area contributed by atoms with Crippen molar-refractivity contribution in [3.63, 3.8) is 0 Å². The molecular formula is C26H31F3O. The number of hydrogen-bond acceptors (Lipinski definition) is 1. The van der Waals surface area contributed by atoms with E-state index >= 15 is 0 Å². The molecule has 0 unspecified atom stereocenters. The number of benzene rings is 2. The molecule has 1 aliphatic rings. The first kappa shape index (κ1) is 22.5. The van der Waals surface area contributed by atoms with Crippen molar-refractivity contribution < 1.29 is 17.9 Å². The van der Waals surface area contributed by atoms with E-state index in [1.54, 1.807) is 24.3 Å². The Labute approximate surface area is 178 Å². The fourth-order valence-corrected chi connectivity index (χ4v) is 4.32. The van der Waals surface area contributed by atoms with Gasteiger partial charge in [0.25, 0.3) is 0 Å². The van der Waals surface area contributed by atoms with Crippen molar-refractivity contribution in [3.8, 4) is 5.75 Å². The molecule has 0 spiro atoms. The van der Waals surface area contributed by atoms with Crippen molar-refractivity contribution in [2.75, 3.05) is 7.11 Å². The molecule has 162 valence electrons. The third kappa shape index (κ3) is 5.47. The number of halogens is 3. The molecule has 0 aliphatic heterocycles. The molecule has 0 aromatic heterocycles. The van der Waals surface area contributed by atoms with Crippen molar-refractivity contribution in [2.45, 2.75) is 64.2 Å². The monoisotopic (exact) mass is 416 g/mol. The Balaban J connectivity index is 1.59. The molecule has 0 bridgehead atoms. The van der Waals surface area contributed by atoms with Gasteiger partial charge in [-0.15, -0.1) is 0 Å². The summed E-state index contributed by atoms with van der Waals surface area (Å²) in [5.74, 6) is -0.670. The Hall–Kier alpha value is -2.23. The number of ether oxygens (including phenoxy) is 1. The van der Waals surface area contributed by atoms with Crippen LogP contribution in [0.4, 0.5) is 13.2 Å². The molecule has 0 N–H and O–H groups in total. The largest absolute Gasteiger partial charge is 0.497 e. The first-order valence-electron chi connectivity index (χ1n) is 11.0. The molecule has 0 heterocycles. The Morgan fingerprint density at radius 2 is 1.73 bits per heavy atom. The van der Waals surface area contributed by atoms with E-state index in [1.165, 1.54) is 13.2 Å². The van der Waals surface area contributed by atoms with Crippen molar-refractivity contribution >= 4 is 6.08 Å². The Morgan fingerprint density at radius 3 is 2.40 bits per heavy atom. The van der Waals surface area contributed by atoms with E-state index in [4.69, 9.17) is 4.74 Å². The molecule has 30 heavy (non-hydrogen) atoms. The zero-order valence-corrected chi connectivity index (χ0v) is 17.9. The minimum Gasteiger partial charge on any atom is -0.497 e. The maximum Gasteiger partial charge on any atom is 0.166 e.